The second-order valence-electron chi connectivity index (χ2n) is 7.53. The summed E-state index contributed by atoms with van der Waals surface area (Å²) in [5.74, 6) is 1.54. The predicted octanol–water partition coefficient (Wildman–Crippen LogP) is 6.28. The van der Waals surface area contributed by atoms with Crippen LogP contribution in [-0.2, 0) is 12.8 Å². The highest BCUT2D eigenvalue weighted by Gasteiger charge is 2.25. The molecule has 3 aromatic carbocycles. The van der Waals surface area contributed by atoms with Crippen molar-refractivity contribution in [3.63, 3.8) is 0 Å². The zero-order valence-electron chi connectivity index (χ0n) is 17.5. The molecule has 1 heterocycles. The molecule has 0 amide bonds. The van der Waals surface area contributed by atoms with Crippen LogP contribution in [0.5, 0.6) is 11.5 Å². The maximum atomic E-state index is 6.32. The second-order valence-corrected chi connectivity index (χ2v) is 9.05. The van der Waals surface area contributed by atoms with Gasteiger partial charge in [0.2, 0.25) is 0 Å². The van der Waals surface area contributed by atoms with E-state index in [1.165, 1.54) is 26.5 Å². The third-order valence-electron chi connectivity index (χ3n) is 5.67. The molecule has 1 atom stereocenters. The molecule has 0 bridgehead atoms. The molecule has 4 rings (SSSR count). The monoisotopic (exact) mass is 439 g/mol. The van der Waals surface area contributed by atoms with E-state index in [2.05, 4.69) is 60.5 Å². The smallest absolute Gasteiger partial charge is 0.160 e. The number of halogens is 1. The van der Waals surface area contributed by atoms with Gasteiger partial charge in [0.05, 0.1) is 14.2 Å². The average molecular weight is 440 g/mol. The standard InChI is InChI=1S/C25H26ClNO2S/c1-27(13-12-17-8-10-22(28-2)23(14-17)29-3)21-16-18-15-19(26)9-11-24(18)30-25-7-5-4-6-20(21)25/h4-11,14-15,21H,12-13,16H2,1-3H3/t21-/m1/s1. The first-order valence-corrected chi connectivity index (χ1v) is 11.2. The van der Waals surface area contributed by atoms with Gasteiger partial charge in [0.25, 0.3) is 0 Å². The van der Waals surface area contributed by atoms with Gasteiger partial charge < -0.3 is 9.47 Å². The van der Waals surface area contributed by atoms with E-state index < -0.39 is 0 Å². The highest BCUT2D eigenvalue weighted by atomic mass is 35.5. The Hall–Kier alpha value is -2.14. The molecule has 3 nitrogen and oxygen atoms in total. The van der Waals surface area contributed by atoms with Crippen molar-refractivity contribution in [2.45, 2.75) is 28.7 Å². The summed E-state index contributed by atoms with van der Waals surface area (Å²) in [6.45, 7) is 0.940. The lowest BCUT2D eigenvalue weighted by atomic mass is 9.97. The SMILES string of the molecule is COc1ccc(CCN(C)[C@@H]2Cc3cc(Cl)ccc3Sc3ccccc32)cc1OC. The van der Waals surface area contributed by atoms with Crippen LogP contribution in [0.3, 0.4) is 0 Å². The zero-order chi connectivity index (χ0) is 21.1. The summed E-state index contributed by atoms with van der Waals surface area (Å²) in [7, 11) is 5.55. The van der Waals surface area contributed by atoms with Crippen LogP contribution in [0.1, 0.15) is 22.7 Å². The van der Waals surface area contributed by atoms with Crippen molar-refractivity contribution < 1.29 is 9.47 Å². The fraction of sp³-hybridized carbons (Fsp3) is 0.280. The quantitative estimate of drug-likeness (QED) is 0.450. The van der Waals surface area contributed by atoms with Crippen molar-refractivity contribution in [3.05, 3.63) is 82.4 Å². The fourth-order valence-electron chi connectivity index (χ4n) is 3.98. The fourth-order valence-corrected chi connectivity index (χ4v) is 5.29. The molecule has 0 unspecified atom stereocenters. The second kappa shape index (κ2) is 9.34. The molecule has 0 N–H and O–H groups in total. The number of fused-ring (bicyclic) bond motifs is 2. The van der Waals surface area contributed by atoms with Crippen LogP contribution in [0.4, 0.5) is 0 Å². The van der Waals surface area contributed by atoms with E-state index in [0.29, 0.717) is 6.04 Å². The summed E-state index contributed by atoms with van der Waals surface area (Å²) in [5, 5.41) is 0.798. The number of methoxy groups -OCH3 is 2. The Bertz CT molecular complexity index is 1040. The van der Waals surface area contributed by atoms with Crippen molar-refractivity contribution in [1.82, 2.24) is 4.90 Å². The number of hydrogen-bond donors (Lipinski definition) is 0. The molecule has 0 spiro atoms. The molecule has 30 heavy (non-hydrogen) atoms. The number of rotatable bonds is 6. The summed E-state index contributed by atoms with van der Waals surface area (Å²) in [6.07, 6.45) is 1.88. The van der Waals surface area contributed by atoms with Crippen molar-refractivity contribution in [1.29, 1.82) is 0 Å². The molecule has 1 aliphatic rings. The highest BCUT2D eigenvalue weighted by molar-refractivity contribution is 7.99. The first-order valence-electron chi connectivity index (χ1n) is 10.1. The number of ether oxygens (including phenoxy) is 2. The molecule has 0 fully saturated rings. The maximum Gasteiger partial charge on any atom is 0.160 e. The van der Waals surface area contributed by atoms with Crippen molar-refractivity contribution in [3.8, 4) is 11.5 Å². The number of likely N-dealkylation sites (N-methyl/N-ethyl adjacent to an activating group) is 1. The van der Waals surface area contributed by atoms with Crippen LogP contribution in [0.15, 0.2) is 70.5 Å². The molecule has 0 aliphatic carbocycles. The molecule has 1 aliphatic heterocycles. The molecule has 156 valence electrons. The molecular formula is C25H26ClNO2S. The van der Waals surface area contributed by atoms with E-state index in [4.69, 9.17) is 21.1 Å². The molecule has 5 heteroatoms. The van der Waals surface area contributed by atoms with Crippen molar-refractivity contribution in [2.75, 3.05) is 27.8 Å². The Kier molecular flexibility index (Phi) is 6.57. The summed E-state index contributed by atoms with van der Waals surface area (Å²) in [6, 6.07) is 21.4. The zero-order valence-corrected chi connectivity index (χ0v) is 19.1. The first kappa shape index (κ1) is 21.1. The van der Waals surface area contributed by atoms with Gasteiger partial charge in [-0.3, -0.25) is 4.90 Å². The third kappa shape index (κ3) is 4.46. The third-order valence-corrected chi connectivity index (χ3v) is 7.11. The summed E-state index contributed by atoms with van der Waals surface area (Å²) >= 11 is 8.16. The van der Waals surface area contributed by atoms with E-state index in [9.17, 15) is 0 Å². The topological polar surface area (TPSA) is 21.7 Å². The highest BCUT2D eigenvalue weighted by Crippen LogP contribution is 2.43. The van der Waals surface area contributed by atoms with E-state index >= 15 is 0 Å². The van der Waals surface area contributed by atoms with Gasteiger partial charge in [-0.25, -0.2) is 0 Å². The number of hydrogen-bond acceptors (Lipinski definition) is 4. The average Bonchev–Trinajstić information content (AvgIpc) is 2.93. The van der Waals surface area contributed by atoms with Crippen molar-refractivity contribution >= 4 is 23.4 Å². The Labute approximate surface area is 188 Å². The number of nitrogens with zero attached hydrogens (tertiary/aromatic N) is 1. The summed E-state index contributed by atoms with van der Waals surface area (Å²) < 4.78 is 10.8. The molecule has 3 aromatic rings. The maximum absolute atomic E-state index is 6.32. The van der Waals surface area contributed by atoms with Gasteiger partial charge in [0.15, 0.2) is 11.5 Å². The lowest BCUT2D eigenvalue weighted by Gasteiger charge is -2.29. The predicted molar refractivity (Wildman–Crippen MR) is 124 cm³/mol. The number of benzene rings is 3. The molecule has 0 radical (unpaired) electrons. The van der Waals surface area contributed by atoms with E-state index in [-0.39, 0.29) is 0 Å². The van der Waals surface area contributed by atoms with Crippen LogP contribution < -0.4 is 9.47 Å². The van der Waals surface area contributed by atoms with Gasteiger partial charge >= 0.3 is 0 Å². The van der Waals surface area contributed by atoms with Gasteiger partial charge in [0, 0.05) is 27.4 Å². The molecular weight excluding hydrogens is 414 g/mol. The van der Waals surface area contributed by atoms with Crippen LogP contribution in [0.25, 0.3) is 0 Å². The first-order chi connectivity index (χ1) is 14.6. The Morgan fingerprint density at radius 2 is 1.77 bits per heavy atom. The lowest BCUT2D eigenvalue weighted by molar-refractivity contribution is 0.243. The normalized spacial score (nSPS) is 15.3. The molecule has 0 saturated carbocycles. The van der Waals surface area contributed by atoms with Gasteiger partial charge in [-0.1, -0.05) is 47.6 Å². The van der Waals surface area contributed by atoms with Crippen LogP contribution in [0, 0.1) is 0 Å². The van der Waals surface area contributed by atoms with E-state index in [1.807, 2.05) is 23.9 Å². The summed E-state index contributed by atoms with van der Waals surface area (Å²) in [4.78, 5) is 5.07. The van der Waals surface area contributed by atoms with Gasteiger partial charge in [0.1, 0.15) is 0 Å². The lowest BCUT2D eigenvalue weighted by Crippen LogP contribution is -2.28. The minimum absolute atomic E-state index is 0.300. The van der Waals surface area contributed by atoms with Gasteiger partial charge in [-0.05, 0) is 73.0 Å². The van der Waals surface area contributed by atoms with E-state index in [0.717, 1.165) is 35.9 Å². The Balaban J connectivity index is 1.57. The van der Waals surface area contributed by atoms with Gasteiger partial charge in [-0.2, -0.15) is 0 Å². The van der Waals surface area contributed by atoms with Crippen LogP contribution >= 0.6 is 23.4 Å². The Morgan fingerprint density at radius 3 is 2.57 bits per heavy atom. The van der Waals surface area contributed by atoms with Crippen molar-refractivity contribution in [2.24, 2.45) is 0 Å². The minimum Gasteiger partial charge on any atom is -0.493 e. The minimum atomic E-state index is 0.300. The van der Waals surface area contributed by atoms with Crippen LogP contribution in [0.2, 0.25) is 5.02 Å². The largest absolute Gasteiger partial charge is 0.493 e. The molecule has 0 saturated heterocycles. The van der Waals surface area contributed by atoms with E-state index in [1.54, 1.807) is 14.2 Å². The van der Waals surface area contributed by atoms with Crippen LogP contribution in [-0.4, -0.2) is 32.7 Å². The van der Waals surface area contributed by atoms with Gasteiger partial charge in [-0.15, -0.1) is 0 Å². The Morgan fingerprint density at radius 1 is 0.967 bits per heavy atom. The molecule has 0 aromatic heterocycles. The summed E-state index contributed by atoms with van der Waals surface area (Å²) in [5.41, 5.74) is 3.93.